The number of halogens is 1. The van der Waals surface area contributed by atoms with Crippen LogP contribution in [0, 0.1) is 5.92 Å². The Bertz CT molecular complexity index is 407. The lowest BCUT2D eigenvalue weighted by atomic mass is 10.0. The lowest BCUT2D eigenvalue weighted by molar-refractivity contribution is -0.138. The highest BCUT2D eigenvalue weighted by Gasteiger charge is 2.21. The van der Waals surface area contributed by atoms with Crippen molar-refractivity contribution in [1.29, 1.82) is 0 Å². The molecule has 0 unspecified atom stereocenters. The molecule has 0 aliphatic carbocycles. The number of benzene rings is 1. The fourth-order valence-corrected chi connectivity index (χ4v) is 1.65. The largest absolute Gasteiger partial charge is 0.497 e. The average molecular weight is 258 g/mol. The summed E-state index contributed by atoms with van der Waals surface area (Å²) in [6, 6.07) is 4.41. The SMILES string of the molecule is COc1ccc(N[C@H](C(=O)O)C(C)C)c(Cl)c1. The molecule has 1 rings (SSSR count). The Morgan fingerprint density at radius 3 is 2.53 bits per heavy atom. The van der Waals surface area contributed by atoms with Gasteiger partial charge in [-0.15, -0.1) is 0 Å². The van der Waals surface area contributed by atoms with Crippen molar-refractivity contribution in [2.24, 2.45) is 5.92 Å². The van der Waals surface area contributed by atoms with E-state index in [1.807, 2.05) is 13.8 Å². The first-order valence-electron chi connectivity index (χ1n) is 5.28. The van der Waals surface area contributed by atoms with Crippen LogP contribution in [0.2, 0.25) is 5.02 Å². The summed E-state index contributed by atoms with van der Waals surface area (Å²) in [5, 5.41) is 12.4. The molecule has 0 saturated carbocycles. The number of carbonyl (C=O) groups is 1. The molecular weight excluding hydrogens is 242 g/mol. The average Bonchev–Trinajstić information content (AvgIpc) is 2.26. The maximum absolute atomic E-state index is 11.0. The monoisotopic (exact) mass is 257 g/mol. The van der Waals surface area contributed by atoms with Crippen LogP contribution < -0.4 is 10.1 Å². The summed E-state index contributed by atoms with van der Waals surface area (Å²) in [6.45, 7) is 3.67. The minimum atomic E-state index is -0.896. The summed E-state index contributed by atoms with van der Waals surface area (Å²) in [4.78, 5) is 11.0. The minimum absolute atomic E-state index is 0.0364. The van der Waals surface area contributed by atoms with Crippen molar-refractivity contribution in [3.8, 4) is 5.75 Å². The number of hydrogen-bond acceptors (Lipinski definition) is 3. The molecule has 1 aromatic rings. The predicted octanol–water partition coefficient (Wildman–Crippen LogP) is 2.87. The lowest BCUT2D eigenvalue weighted by Crippen LogP contribution is -2.34. The van der Waals surface area contributed by atoms with Gasteiger partial charge in [0.05, 0.1) is 17.8 Å². The molecule has 2 N–H and O–H groups in total. The summed E-state index contributed by atoms with van der Waals surface area (Å²) in [5.74, 6) is -0.297. The molecule has 94 valence electrons. The topological polar surface area (TPSA) is 58.6 Å². The van der Waals surface area contributed by atoms with Gasteiger partial charge in [0, 0.05) is 6.07 Å². The molecule has 5 heteroatoms. The number of anilines is 1. The third kappa shape index (κ3) is 3.53. The fraction of sp³-hybridized carbons (Fsp3) is 0.417. The normalized spacial score (nSPS) is 12.3. The standard InChI is InChI=1S/C12H16ClNO3/c1-7(2)11(12(15)16)14-10-5-4-8(17-3)6-9(10)13/h4-7,11,14H,1-3H3,(H,15,16)/t11-/m0/s1. The van der Waals surface area contributed by atoms with Gasteiger partial charge in [0.25, 0.3) is 0 Å². The summed E-state index contributed by atoms with van der Waals surface area (Å²) >= 11 is 6.03. The number of hydrogen-bond donors (Lipinski definition) is 2. The number of carboxylic acids is 1. The van der Waals surface area contributed by atoms with Gasteiger partial charge in [0.15, 0.2) is 0 Å². The highest BCUT2D eigenvalue weighted by molar-refractivity contribution is 6.33. The van der Waals surface area contributed by atoms with Gasteiger partial charge < -0.3 is 15.2 Å². The molecule has 4 nitrogen and oxygen atoms in total. The maximum atomic E-state index is 11.0. The molecule has 0 saturated heterocycles. The van der Waals surface area contributed by atoms with Crippen molar-refractivity contribution < 1.29 is 14.6 Å². The Hall–Kier alpha value is -1.42. The molecule has 0 spiro atoms. The van der Waals surface area contributed by atoms with Gasteiger partial charge in [-0.05, 0) is 18.1 Å². The van der Waals surface area contributed by atoms with Crippen molar-refractivity contribution >= 4 is 23.3 Å². The molecule has 0 heterocycles. The second-order valence-corrected chi connectivity index (χ2v) is 4.46. The van der Waals surface area contributed by atoms with E-state index in [4.69, 9.17) is 21.4 Å². The molecule has 17 heavy (non-hydrogen) atoms. The molecular formula is C12H16ClNO3. The van der Waals surface area contributed by atoms with Gasteiger partial charge >= 0.3 is 5.97 Å². The van der Waals surface area contributed by atoms with Crippen LogP contribution in [-0.4, -0.2) is 24.2 Å². The van der Waals surface area contributed by atoms with Crippen LogP contribution in [0.25, 0.3) is 0 Å². The summed E-state index contributed by atoms with van der Waals surface area (Å²) in [7, 11) is 1.55. The highest BCUT2D eigenvalue weighted by atomic mass is 35.5. The van der Waals surface area contributed by atoms with E-state index >= 15 is 0 Å². The van der Waals surface area contributed by atoms with Crippen LogP contribution in [0.3, 0.4) is 0 Å². The van der Waals surface area contributed by atoms with Crippen LogP contribution in [0.4, 0.5) is 5.69 Å². The van der Waals surface area contributed by atoms with Crippen molar-refractivity contribution in [3.63, 3.8) is 0 Å². The van der Waals surface area contributed by atoms with Crippen molar-refractivity contribution in [2.75, 3.05) is 12.4 Å². The second-order valence-electron chi connectivity index (χ2n) is 4.05. The smallest absolute Gasteiger partial charge is 0.326 e. The number of methoxy groups -OCH3 is 1. The van der Waals surface area contributed by atoms with Crippen LogP contribution in [0.5, 0.6) is 5.75 Å². The van der Waals surface area contributed by atoms with E-state index in [9.17, 15) is 4.79 Å². The van der Waals surface area contributed by atoms with Crippen LogP contribution in [0.1, 0.15) is 13.8 Å². The van der Waals surface area contributed by atoms with Crippen molar-refractivity contribution in [3.05, 3.63) is 23.2 Å². The third-order valence-corrected chi connectivity index (χ3v) is 2.73. The molecule has 0 aliphatic heterocycles. The Balaban J connectivity index is 2.90. The Labute approximate surface area is 106 Å². The van der Waals surface area contributed by atoms with Crippen molar-refractivity contribution in [2.45, 2.75) is 19.9 Å². The van der Waals surface area contributed by atoms with E-state index in [-0.39, 0.29) is 5.92 Å². The van der Waals surface area contributed by atoms with Gasteiger partial charge in [0.1, 0.15) is 11.8 Å². The molecule has 0 fully saturated rings. The van der Waals surface area contributed by atoms with Gasteiger partial charge in [-0.1, -0.05) is 25.4 Å². The summed E-state index contributed by atoms with van der Waals surface area (Å²) in [5.41, 5.74) is 0.591. The highest BCUT2D eigenvalue weighted by Crippen LogP contribution is 2.27. The number of rotatable bonds is 5. The quantitative estimate of drug-likeness (QED) is 0.852. The molecule has 0 aromatic heterocycles. The van der Waals surface area contributed by atoms with Gasteiger partial charge in [-0.2, -0.15) is 0 Å². The summed E-state index contributed by atoms with van der Waals surface area (Å²) < 4.78 is 5.02. The summed E-state index contributed by atoms with van der Waals surface area (Å²) in [6.07, 6.45) is 0. The van der Waals surface area contributed by atoms with Gasteiger partial charge in [-0.25, -0.2) is 4.79 Å². The predicted molar refractivity (Wildman–Crippen MR) is 67.9 cm³/mol. The zero-order valence-corrected chi connectivity index (χ0v) is 10.8. The van der Waals surface area contributed by atoms with Crippen LogP contribution in [-0.2, 0) is 4.79 Å². The Kier molecular flexibility index (Phi) is 4.63. The molecule has 0 radical (unpaired) electrons. The van der Waals surface area contributed by atoms with Gasteiger partial charge in [-0.3, -0.25) is 0 Å². The van der Waals surface area contributed by atoms with E-state index in [0.717, 1.165) is 0 Å². The molecule has 0 amide bonds. The van der Waals surface area contributed by atoms with E-state index < -0.39 is 12.0 Å². The molecule has 0 bridgehead atoms. The minimum Gasteiger partial charge on any atom is -0.497 e. The Morgan fingerprint density at radius 2 is 2.12 bits per heavy atom. The van der Waals surface area contributed by atoms with Gasteiger partial charge in [0.2, 0.25) is 0 Å². The first-order chi connectivity index (χ1) is 7.95. The van der Waals surface area contributed by atoms with E-state index in [1.54, 1.807) is 25.3 Å². The Morgan fingerprint density at radius 1 is 1.47 bits per heavy atom. The first kappa shape index (κ1) is 13.6. The van der Waals surface area contributed by atoms with Crippen LogP contribution in [0.15, 0.2) is 18.2 Å². The maximum Gasteiger partial charge on any atom is 0.326 e. The zero-order chi connectivity index (χ0) is 13.0. The van der Waals surface area contributed by atoms with Crippen molar-refractivity contribution in [1.82, 2.24) is 0 Å². The molecule has 1 aromatic carbocycles. The first-order valence-corrected chi connectivity index (χ1v) is 5.66. The number of ether oxygens (including phenoxy) is 1. The zero-order valence-electron chi connectivity index (χ0n) is 10.0. The van der Waals surface area contributed by atoms with E-state index in [2.05, 4.69) is 5.32 Å². The van der Waals surface area contributed by atoms with E-state index in [0.29, 0.717) is 16.5 Å². The fourth-order valence-electron chi connectivity index (χ4n) is 1.42. The van der Waals surface area contributed by atoms with Crippen LogP contribution >= 0.6 is 11.6 Å². The number of carboxylic acid groups (broad SMARTS) is 1. The second kappa shape index (κ2) is 5.77. The third-order valence-electron chi connectivity index (χ3n) is 2.42. The van der Waals surface area contributed by atoms with E-state index in [1.165, 1.54) is 0 Å². The molecule has 1 atom stereocenters. The lowest BCUT2D eigenvalue weighted by Gasteiger charge is -2.20. The number of aliphatic carboxylic acids is 1. The number of nitrogens with one attached hydrogen (secondary N) is 1. The molecule has 0 aliphatic rings.